The van der Waals surface area contributed by atoms with Gasteiger partial charge in [0.1, 0.15) is 0 Å². The third kappa shape index (κ3) is 6.48. The van der Waals surface area contributed by atoms with Crippen LogP contribution in [0.25, 0.3) is 0 Å². The zero-order valence-corrected chi connectivity index (χ0v) is 11.8. The molecule has 0 saturated carbocycles. The average Bonchev–Trinajstić information content (AvgIpc) is 2.21. The highest BCUT2D eigenvalue weighted by atomic mass is 127. The lowest BCUT2D eigenvalue weighted by Crippen LogP contribution is -1.83. The molecule has 0 amide bonds. The molecule has 0 atom stereocenters. The molecular weight excluding hydrogens is 283 g/mol. The maximum absolute atomic E-state index is 3.30. The molecule has 0 aromatic rings. The molecule has 0 aliphatic carbocycles. The Morgan fingerprint density at radius 1 is 1.14 bits per heavy atom. The Kier molecular flexibility index (Phi) is 9.60. The summed E-state index contributed by atoms with van der Waals surface area (Å²) in [4.78, 5) is 0. The molecule has 80 valence electrons. The van der Waals surface area contributed by atoms with Gasteiger partial charge in [-0.15, -0.1) is 0 Å². The minimum absolute atomic E-state index is 1.03. The van der Waals surface area contributed by atoms with Gasteiger partial charge in [0.05, 0.1) is 0 Å². The maximum Gasteiger partial charge on any atom is 0.0110 e. The van der Waals surface area contributed by atoms with Gasteiger partial charge < -0.3 is 0 Å². The maximum atomic E-state index is 3.30. The summed E-state index contributed by atoms with van der Waals surface area (Å²) in [7, 11) is 0. The second-order valence-corrected chi connectivity index (χ2v) is 4.69. The van der Waals surface area contributed by atoms with Crippen molar-refractivity contribution >= 4 is 22.6 Å². The zero-order valence-electron chi connectivity index (χ0n) is 9.62. The van der Waals surface area contributed by atoms with Crippen LogP contribution >= 0.6 is 22.6 Å². The zero-order chi connectivity index (χ0) is 10.8. The van der Waals surface area contributed by atoms with Gasteiger partial charge in [0.15, 0.2) is 0 Å². The summed E-state index contributed by atoms with van der Waals surface area (Å²) in [6.45, 7) is 6.60. The standard InChI is InChI=1S/C13H21I/c1-4-7-9-10-12(6-3)13(14)11-8-5-2/h4-8,11H2,1-3H3/b13-12-. The quantitative estimate of drug-likeness (QED) is 0.491. The molecule has 0 heterocycles. The Hall–Kier alpha value is 0.0300. The molecule has 14 heavy (non-hydrogen) atoms. The number of hydrogen-bond acceptors (Lipinski definition) is 0. The molecule has 0 saturated heterocycles. The van der Waals surface area contributed by atoms with Crippen LogP contribution in [0.1, 0.15) is 59.3 Å². The van der Waals surface area contributed by atoms with E-state index in [9.17, 15) is 0 Å². The highest BCUT2D eigenvalue weighted by molar-refractivity contribution is 14.1. The molecule has 0 unspecified atom stereocenters. The van der Waals surface area contributed by atoms with E-state index in [4.69, 9.17) is 0 Å². The predicted octanol–water partition coefficient (Wildman–Crippen LogP) is 5.08. The monoisotopic (exact) mass is 304 g/mol. The van der Waals surface area contributed by atoms with Crippen molar-refractivity contribution in [3.8, 4) is 11.8 Å². The van der Waals surface area contributed by atoms with E-state index in [0.29, 0.717) is 0 Å². The van der Waals surface area contributed by atoms with E-state index in [1.807, 2.05) is 0 Å². The van der Waals surface area contributed by atoms with Crippen molar-refractivity contribution in [3.63, 3.8) is 0 Å². The van der Waals surface area contributed by atoms with Crippen LogP contribution in [-0.2, 0) is 0 Å². The number of halogens is 1. The number of hydrogen-bond donors (Lipinski definition) is 0. The average molecular weight is 304 g/mol. The van der Waals surface area contributed by atoms with Gasteiger partial charge in [0.25, 0.3) is 0 Å². The van der Waals surface area contributed by atoms with Gasteiger partial charge in [-0.25, -0.2) is 0 Å². The lowest BCUT2D eigenvalue weighted by Gasteiger charge is -2.01. The molecule has 0 aromatic heterocycles. The highest BCUT2D eigenvalue weighted by Gasteiger charge is 1.98. The van der Waals surface area contributed by atoms with E-state index in [0.717, 1.165) is 19.3 Å². The molecule has 1 heteroatoms. The van der Waals surface area contributed by atoms with Gasteiger partial charge in [0.2, 0.25) is 0 Å². The molecule has 0 aliphatic rings. The minimum Gasteiger partial charge on any atom is -0.0982 e. The number of allylic oxidation sites excluding steroid dienone is 2. The highest BCUT2D eigenvalue weighted by Crippen LogP contribution is 2.21. The topological polar surface area (TPSA) is 0 Å². The Balaban J connectivity index is 4.28. The van der Waals surface area contributed by atoms with Gasteiger partial charge >= 0.3 is 0 Å². The first-order chi connectivity index (χ1) is 6.76. The van der Waals surface area contributed by atoms with Crippen LogP contribution in [0.5, 0.6) is 0 Å². The molecule has 0 fully saturated rings. The Labute approximate surface area is 103 Å². The van der Waals surface area contributed by atoms with Crippen LogP contribution in [-0.4, -0.2) is 0 Å². The number of rotatable bonds is 5. The van der Waals surface area contributed by atoms with E-state index in [-0.39, 0.29) is 0 Å². The SMILES string of the molecule is CCCC#C/C(CC)=C(\I)CCCC. The van der Waals surface area contributed by atoms with Gasteiger partial charge in [-0.3, -0.25) is 0 Å². The van der Waals surface area contributed by atoms with E-state index in [1.54, 1.807) is 0 Å². The first-order valence-corrected chi connectivity index (χ1v) is 6.70. The third-order valence-electron chi connectivity index (χ3n) is 2.05. The smallest absolute Gasteiger partial charge is 0.0110 e. The normalized spacial score (nSPS) is 11.7. The largest absolute Gasteiger partial charge is 0.0982 e. The van der Waals surface area contributed by atoms with Crippen molar-refractivity contribution < 1.29 is 0 Å². The van der Waals surface area contributed by atoms with Crippen LogP contribution in [0.3, 0.4) is 0 Å². The van der Waals surface area contributed by atoms with Crippen LogP contribution in [0.4, 0.5) is 0 Å². The van der Waals surface area contributed by atoms with E-state index >= 15 is 0 Å². The van der Waals surface area contributed by atoms with Crippen LogP contribution in [0.15, 0.2) is 9.15 Å². The Morgan fingerprint density at radius 2 is 1.86 bits per heavy atom. The molecule has 0 rings (SSSR count). The molecule has 0 aromatic carbocycles. The second kappa shape index (κ2) is 9.58. The molecule has 0 N–H and O–H groups in total. The summed E-state index contributed by atoms with van der Waals surface area (Å²) in [5, 5.41) is 0. The lowest BCUT2D eigenvalue weighted by atomic mass is 10.1. The van der Waals surface area contributed by atoms with Crippen LogP contribution < -0.4 is 0 Å². The predicted molar refractivity (Wildman–Crippen MR) is 73.5 cm³/mol. The van der Waals surface area contributed by atoms with Crippen molar-refractivity contribution in [1.82, 2.24) is 0 Å². The van der Waals surface area contributed by atoms with Crippen molar-refractivity contribution in [2.75, 3.05) is 0 Å². The van der Waals surface area contributed by atoms with E-state index < -0.39 is 0 Å². The van der Waals surface area contributed by atoms with Crippen molar-refractivity contribution in [2.45, 2.75) is 59.3 Å². The van der Waals surface area contributed by atoms with Crippen molar-refractivity contribution in [1.29, 1.82) is 0 Å². The molecule has 0 nitrogen and oxygen atoms in total. The summed E-state index contributed by atoms with van der Waals surface area (Å²) < 4.78 is 1.47. The third-order valence-corrected chi connectivity index (χ3v) is 3.24. The van der Waals surface area contributed by atoms with E-state index in [1.165, 1.54) is 28.4 Å². The van der Waals surface area contributed by atoms with Gasteiger partial charge in [0, 0.05) is 15.6 Å². The van der Waals surface area contributed by atoms with Crippen molar-refractivity contribution in [3.05, 3.63) is 9.15 Å². The molecular formula is C13H21I. The Morgan fingerprint density at radius 3 is 2.36 bits per heavy atom. The fraction of sp³-hybridized carbons (Fsp3) is 0.692. The van der Waals surface area contributed by atoms with Gasteiger partial charge in [-0.1, -0.05) is 39.0 Å². The summed E-state index contributed by atoms with van der Waals surface area (Å²) >= 11 is 2.46. The molecule has 0 spiro atoms. The second-order valence-electron chi connectivity index (χ2n) is 3.39. The fourth-order valence-corrected chi connectivity index (χ4v) is 2.02. The summed E-state index contributed by atoms with van der Waals surface area (Å²) in [5.41, 5.74) is 1.35. The van der Waals surface area contributed by atoms with Crippen LogP contribution in [0, 0.1) is 11.8 Å². The summed E-state index contributed by atoms with van der Waals surface area (Å²) in [6.07, 6.45) is 7.04. The molecule has 0 radical (unpaired) electrons. The lowest BCUT2D eigenvalue weighted by molar-refractivity contribution is 0.807. The van der Waals surface area contributed by atoms with Gasteiger partial charge in [-0.2, -0.15) is 0 Å². The van der Waals surface area contributed by atoms with Gasteiger partial charge in [-0.05, 0) is 48.3 Å². The summed E-state index contributed by atoms with van der Waals surface area (Å²) in [5.74, 6) is 6.53. The van der Waals surface area contributed by atoms with Crippen molar-refractivity contribution in [2.24, 2.45) is 0 Å². The number of unbranched alkanes of at least 4 members (excludes halogenated alkanes) is 2. The van der Waals surface area contributed by atoms with Crippen LogP contribution in [0.2, 0.25) is 0 Å². The first-order valence-electron chi connectivity index (χ1n) is 5.62. The fourth-order valence-electron chi connectivity index (χ4n) is 1.13. The minimum atomic E-state index is 1.03. The first kappa shape index (κ1) is 14.0. The van der Waals surface area contributed by atoms with E-state index in [2.05, 4.69) is 55.2 Å². The summed E-state index contributed by atoms with van der Waals surface area (Å²) in [6, 6.07) is 0. The molecule has 0 aliphatic heterocycles. The Bertz CT molecular complexity index is 227. The molecule has 0 bridgehead atoms.